The third-order valence-corrected chi connectivity index (χ3v) is 3.71. The molecule has 0 spiro atoms. The van der Waals surface area contributed by atoms with Crippen molar-refractivity contribution in [1.82, 2.24) is 20.3 Å². The largest absolute Gasteiger partial charge is 0.357 e. The minimum atomic E-state index is -0.170. The standard InChI is InChI=1S/C17H23N5O/c1-5-22(6-2)16-14(8-7-9-18-16)10-20-17(23)15-11-19-13(4)21-12(15)3/h7-9,11H,5-6,10H2,1-4H3,(H,20,23). The van der Waals surface area contributed by atoms with Crippen molar-refractivity contribution in [2.75, 3.05) is 18.0 Å². The number of hydrogen-bond acceptors (Lipinski definition) is 5. The fourth-order valence-electron chi connectivity index (χ4n) is 2.45. The summed E-state index contributed by atoms with van der Waals surface area (Å²) in [5.41, 5.74) is 2.18. The van der Waals surface area contributed by atoms with E-state index >= 15 is 0 Å². The maximum Gasteiger partial charge on any atom is 0.254 e. The normalized spacial score (nSPS) is 10.4. The van der Waals surface area contributed by atoms with Crippen LogP contribution in [0.2, 0.25) is 0 Å². The molecule has 0 fully saturated rings. The highest BCUT2D eigenvalue weighted by Gasteiger charge is 2.13. The van der Waals surface area contributed by atoms with E-state index in [1.54, 1.807) is 19.3 Å². The van der Waals surface area contributed by atoms with E-state index in [1.165, 1.54) is 0 Å². The average molecular weight is 313 g/mol. The molecule has 2 aromatic rings. The van der Waals surface area contributed by atoms with Crippen LogP contribution in [0.4, 0.5) is 5.82 Å². The minimum absolute atomic E-state index is 0.170. The summed E-state index contributed by atoms with van der Waals surface area (Å²) in [5, 5.41) is 2.93. The molecule has 122 valence electrons. The number of rotatable bonds is 6. The molecular formula is C17H23N5O. The molecule has 6 nitrogen and oxygen atoms in total. The Morgan fingerprint density at radius 3 is 2.61 bits per heavy atom. The van der Waals surface area contributed by atoms with Crippen molar-refractivity contribution in [2.24, 2.45) is 0 Å². The van der Waals surface area contributed by atoms with Crippen LogP contribution in [0.25, 0.3) is 0 Å². The van der Waals surface area contributed by atoms with E-state index in [-0.39, 0.29) is 5.91 Å². The predicted octanol–water partition coefficient (Wildman–Crippen LogP) is 2.26. The molecule has 0 aliphatic rings. The summed E-state index contributed by atoms with van der Waals surface area (Å²) >= 11 is 0. The van der Waals surface area contributed by atoms with Crippen LogP contribution in [0.1, 0.15) is 41.3 Å². The number of hydrogen-bond donors (Lipinski definition) is 1. The molecular weight excluding hydrogens is 290 g/mol. The minimum Gasteiger partial charge on any atom is -0.357 e. The van der Waals surface area contributed by atoms with Gasteiger partial charge in [-0.25, -0.2) is 15.0 Å². The topological polar surface area (TPSA) is 71.0 Å². The van der Waals surface area contributed by atoms with E-state index < -0.39 is 0 Å². The first-order valence-electron chi connectivity index (χ1n) is 7.84. The van der Waals surface area contributed by atoms with Gasteiger partial charge in [0.1, 0.15) is 11.6 Å². The Morgan fingerprint density at radius 2 is 1.96 bits per heavy atom. The van der Waals surface area contributed by atoms with E-state index in [4.69, 9.17) is 0 Å². The van der Waals surface area contributed by atoms with E-state index in [9.17, 15) is 4.79 Å². The van der Waals surface area contributed by atoms with Crippen LogP contribution in [-0.4, -0.2) is 33.9 Å². The predicted molar refractivity (Wildman–Crippen MR) is 90.5 cm³/mol. The van der Waals surface area contributed by atoms with Crippen LogP contribution in [-0.2, 0) is 6.54 Å². The molecule has 0 aliphatic carbocycles. The first-order valence-corrected chi connectivity index (χ1v) is 7.84. The Bertz CT molecular complexity index is 682. The zero-order valence-electron chi connectivity index (χ0n) is 14.1. The molecule has 2 rings (SSSR count). The zero-order chi connectivity index (χ0) is 16.8. The molecule has 23 heavy (non-hydrogen) atoms. The third-order valence-electron chi connectivity index (χ3n) is 3.71. The summed E-state index contributed by atoms with van der Waals surface area (Å²) in [6, 6.07) is 3.87. The monoisotopic (exact) mass is 313 g/mol. The second-order valence-electron chi connectivity index (χ2n) is 5.26. The highest BCUT2D eigenvalue weighted by atomic mass is 16.1. The highest BCUT2D eigenvalue weighted by molar-refractivity contribution is 5.94. The lowest BCUT2D eigenvalue weighted by atomic mass is 10.2. The molecule has 1 N–H and O–H groups in total. The summed E-state index contributed by atoms with van der Waals surface area (Å²) in [5.74, 6) is 1.40. The van der Waals surface area contributed by atoms with E-state index in [2.05, 4.69) is 39.0 Å². The van der Waals surface area contributed by atoms with Crippen LogP contribution in [0, 0.1) is 13.8 Å². The molecule has 2 aromatic heterocycles. The van der Waals surface area contributed by atoms with E-state index in [0.29, 0.717) is 23.6 Å². The Labute approximate surface area is 137 Å². The van der Waals surface area contributed by atoms with Crippen molar-refractivity contribution in [2.45, 2.75) is 34.2 Å². The first kappa shape index (κ1) is 16.9. The molecule has 1 amide bonds. The molecule has 0 saturated heterocycles. The number of anilines is 1. The number of carbonyl (C=O) groups is 1. The molecule has 2 heterocycles. The summed E-state index contributed by atoms with van der Waals surface area (Å²) in [4.78, 5) is 27.3. The van der Waals surface area contributed by atoms with E-state index in [1.807, 2.05) is 19.1 Å². The highest BCUT2D eigenvalue weighted by Crippen LogP contribution is 2.16. The number of aromatic nitrogens is 3. The molecule has 0 radical (unpaired) electrons. The van der Waals surface area contributed by atoms with Gasteiger partial charge in [-0.15, -0.1) is 0 Å². The second kappa shape index (κ2) is 7.67. The van der Waals surface area contributed by atoms with Gasteiger partial charge >= 0.3 is 0 Å². The van der Waals surface area contributed by atoms with Crippen molar-refractivity contribution >= 4 is 11.7 Å². The van der Waals surface area contributed by atoms with Gasteiger partial charge in [0.05, 0.1) is 11.3 Å². The zero-order valence-corrected chi connectivity index (χ0v) is 14.1. The molecule has 0 saturated carbocycles. The maximum absolute atomic E-state index is 12.3. The third kappa shape index (κ3) is 4.03. The number of nitrogens with one attached hydrogen (secondary N) is 1. The Hall–Kier alpha value is -2.50. The van der Waals surface area contributed by atoms with E-state index in [0.717, 1.165) is 24.5 Å². The Morgan fingerprint density at radius 1 is 1.22 bits per heavy atom. The van der Waals surface area contributed by atoms with Gasteiger partial charge in [0.15, 0.2) is 0 Å². The van der Waals surface area contributed by atoms with Gasteiger partial charge in [0.2, 0.25) is 0 Å². The van der Waals surface area contributed by atoms with Crippen LogP contribution in [0.5, 0.6) is 0 Å². The van der Waals surface area contributed by atoms with Crippen LogP contribution < -0.4 is 10.2 Å². The lowest BCUT2D eigenvalue weighted by molar-refractivity contribution is 0.0949. The van der Waals surface area contributed by atoms with Crippen molar-refractivity contribution in [3.63, 3.8) is 0 Å². The lowest BCUT2D eigenvalue weighted by Gasteiger charge is -2.22. The maximum atomic E-state index is 12.3. The smallest absolute Gasteiger partial charge is 0.254 e. The fraction of sp³-hybridized carbons (Fsp3) is 0.412. The Balaban J connectivity index is 2.13. The number of aryl methyl sites for hydroxylation is 2. The summed E-state index contributed by atoms with van der Waals surface area (Å²) in [6.07, 6.45) is 3.35. The first-order chi connectivity index (χ1) is 11.1. The van der Waals surface area contributed by atoms with Crippen molar-refractivity contribution in [3.05, 3.63) is 47.2 Å². The summed E-state index contributed by atoms with van der Waals surface area (Å²) in [7, 11) is 0. The molecule has 0 aliphatic heterocycles. The van der Waals surface area contributed by atoms with Crippen LogP contribution >= 0.6 is 0 Å². The average Bonchev–Trinajstić information content (AvgIpc) is 2.55. The number of nitrogens with zero attached hydrogens (tertiary/aromatic N) is 4. The molecule has 0 aromatic carbocycles. The quantitative estimate of drug-likeness (QED) is 0.886. The fourth-order valence-corrected chi connectivity index (χ4v) is 2.45. The molecule has 0 unspecified atom stereocenters. The lowest BCUT2D eigenvalue weighted by Crippen LogP contribution is -2.28. The van der Waals surface area contributed by atoms with Crippen LogP contribution in [0.3, 0.4) is 0 Å². The van der Waals surface area contributed by atoms with Gasteiger partial charge in [-0.1, -0.05) is 6.07 Å². The summed E-state index contributed by atoms with van der Waals surface area (Å²) < 4.78 is 0. The Kier molecular flexibility index (Phi) is 5.62. The van der Waals surface area contributed by atoms with Crippen molar-refractivity contribution in [1.29, 1.82) is 0 Å². The van der Waals surface area contributed by atoms with Gasteiger partial charge < -0.3 is 10.2 Å². The van der Waals surface area contributed by atoms with Gasteiger partial charge in [0.25, 0.3) is 5.91 Å². The molecule has 0 atom stereocenters. The molecule has 0 bridgehead atoms. The number of amides is 1. The summed E-state index contributed by atoms with van der Waals surface area (Å²) in [6.45, 7) is 9.97. The van der Waals surface area contributed by atoms with Crippen LogP contribution in [0.15, 0.2) is 24.5 Å². The van der Waals surface area contributed by atoms with Crippen molar-refractivity contribution < 1.29 is 4.79 Å². The molecule has 6 heteroatoms. The number of carbonyl (C=O) groups excluding carboxylic acids is 1. The van der Waals surface area contributed by atoms with Gasteiger partial charge in [0, 0.05) is 37.6 Å². The van der Waals surface area contributed by atoms with Gasteiger partial charge in [-0.3, -0.25) is 4.79 Å². The van der Waals surface area contributed by atoms with Gasteiger partial charge in [-0.05, 0) is 33.8 Å². The number of pyridine rings is 1. The SMILES string of the molecule is CCN(CC)c1ncccc1CNC(=O)c1cnc(C)nc1C. The second-order valence-corrected chi connectivity index (χ2v) is 5.26. The van der Waals surface area contributed by atoms with Gasteiger partial charge in [-0.2, -0.15) is 0 Å². The van der Waals surface area contributed by atoms with Crippen molar-refractivity contribution in [3.8, 4) is 0 Å².